The van der Waals surface area contributed by atoms with Crippen molar-refractivity contribution in [2.24, 2.45) is 0 Å². The van der Waals surface area contributed by atoms with Gasteiger partial charge in [-0.05, 0) is 32.2 Å². The average molecular weight is 268 g/mol. The third-order valence-electron chi connectivity index (χ3n) is 4.17. The highest BCUT2D eigenvalue weighted by Crippen LogP contribution is 2.19. The van der Waals surface area contributed by atoms with Gasteiger partial charge < -0.3 is 15.4 Å². The van der Waals surface area contributed by atoms with Crippen LogP contribution in [0, 0.1) is 0 Å². The molecule has 2 rings (SSSR count). The van der Waals surface area contributed by atoms with Crippen LogP contribution in [0.3, 0.4) is 0 Å². The van der Waals surface area contributed by atoms with Crippen molar-refractivity contribution in [3.05, 3.63) is 0 Å². The van der Waals surface area contributed by atoms with E-state index < -0.39 is 0 Å². The first-order valence-corrected chi connectivity index (χ1v) is 7.96. The van der Waals surface area contributed by atoms with E-state index in [9.17, 15) is 4.79 Å². The van der Waals surface area contributed by atoms with Crippen LogP contribution in [0.25, 0.3) is 0 Å². The number of hydrogen-bond acceptors (Lipinski definition) is 3. The number of hydrogen-bond donors (Lipinski definition) is 2. The predicted octanol–water partition coefficient (Wildman–Crippen LogP) is 1.98. The van der Waals surface area contributed by atoms with Crippen LogP contribution in [0.1, 0.15) is 57.8 Å². The van der Waals surface area contributed by atoms with Crippen molar-refractivity contribution in [2.75, 3.05) is 19.7 Å². The van der Waals surface area contributed by atoms with Crippen molar-refractivity contribution < 1.29 is 9.53 Å². The van der Waals surface area contributed by atoms with Gasteiger partial charge in [-0.15, -0.1) is 0 Å². The Bertz CT molecular complexity index is 257. The van der Waals surface area contributed by atoms with Crippen LogP contribution in [-0.4, -0.2) is 37.7 Å². The maximum atomic E-state index is 11.7. The minimum atomic E-state index is 0.156. The van der Waals surface area contributed by atoms with E-state index in [1.807, 2.05) is 0 Å². The van der Waals surface area contributed by atoms with Crippen LogP contribution >= 0.6 is 0 Å². The SMILES string of the molecule is O=C(CC1CCCN1)NCCOC1CCCCCC1. The lowest BCUT2D eigenvalue weighted by Gasteiger charge is -2.16. The second kappa shape index (κ2) is 8.54. The van der Waals surface area contributed by atoms with Gasteiger partial charge in [-0.3, -0.25) is 4.79 Å². The maximum Gasteiger partial charge on any atom is 0.221 e. The van der Waals surface area contributed by atoms with Crippen molar-refractivity contribution in [3.8, 4) is 0 Å². The molecule has 1 saturated heterocycles. The van der Waals surface area contributed by atoms with Gasteiger partial charge in [0.05, 0.1) is 12.7 Å². The molecule has 2 N–H and O–H groups in total. The van der Waals surface area contributed by atoms with Gasteiger partial charge in [0, 0.05) is 19.0 Å². The summed E-state index contributed by atoms with van der Waals surface area (Å²) in [5.41, 5.74) is 0. The predicted molar refractivity (Wildman–Crippen MR) is 76.1 cm³/mol. The molecule has 4 nitrogen and oxygen atoms in total. The number of ether oxygens (including phenoxy) is 1. The summed E-state index contributed by atoms with van der Waals surface area (Å²) in [7, 11) is 0. The molecule has 1 unspecified atom stereocenters. The molecule has 1 aliphatic heterocycles. The van der Waals surface area contributed by atoms with Crippen LogP contribution in [-0.2, 0) is 9.53 Å². The summed E-state index contributed by atoms with van der Waals surface area (Å²) in [6.07, 6.45) is 11.1. The first-order valence-electron chi connectivity index (χ1n) is 7.96. The van der Waals surface area contributed by atoms with Gasteiger partial charge in [0.25, 0.3) is 0 Å². The second-order valence-electron chi connectivity index (χ2n) is 5.83. The highest BCUT2D eigenvalue weighted by molar-refractivity contribution is 5.76. The van der Waals surface area contributed by atoms with Gasteiger partial charge in [0.15, 0.2) is 0 Å². The highest BCUT2D eigenvalue weighted by atomic mass is 16.5. The van der Waals surface area contributed by atoms with Crippen LogP contribution < -0.4 is 10.6 Å². The standard InChI is InChI=1S/C15H28N2O2/c18-15(12-13-6-5-9-16-13)17-10-11-19-14-7-3-1-2-4-8-14/h13-14,16H,1-12H2,(H,17,18). The summed E-state index contributed by atoms with van der Waals surface area (Å²) >= 11 is 0. The zero-order chi connectivity index (χ0) is 13.3. The molecule has 110 valence electrons. The Morgan fingerprint density at radius 1 is 1.11 bits per heavy atom. The average Bonchev–Trinajstić information content (AvgIpc) is 2.76. The zero-order valence-corrected chi connectivity index (χ0v) is 12.0. The first kappa shape index (κ1) is 14.8. The minimum absolute atomic E-state index is 0.156. The zero-order valence-electron chi connectivity index (χ0n) is 12.0. The van der Waals surface area contributed by atoms with Gasteiger partial charge >= 0.3 is 0 Å². The molecule has 1 aliphatic carbocycles. The Morgan fingerprint density at radius 2 is 1.89 bits per heavy atom. The van der Waals surface area contributed by atoms with E-state index >= 15 is 0 Å². The van der Waals surface area contributed by atoms with Gasteiger partial charge in [0.1, 0.15) is 0 Å². The quantitative estimate of drug-likeness (QED) is 0.572. The van der Waals surface area contributed by atoms with Gasteiger partial charge in [-0.25, -0.2) is 0 Å². The lowest BCUT2D eigenvalue weighted by atomic mass is 10.1. The Morgan fingerprint density at radius 3 is 2.58 bits per heavy atom. The van der Waals surface area contributed by atoms with E-state index in [0.29, 0.717) is 31.7 Å². The third kappa shape index (κ3) is 5.91. The Kier molecular flexibility index (Phi) is 6.65. The van der Waals surface area contributed by atoms with Crippen LogP contribution in [0.2, 0.25) is 0 Å². The number of rotatable bonds is 6. The minimum Gasteiger partial charge on any atom is -0.376 e. The molecule has 0 bridgehead atoms. The van der Waals surface area contributed by atoms with Gasteiger partial charge in [-0.1, -0.05) is 25.7 Å². The number of nitrogens with one attached hydrogen (secondary N) is 2. The number of carbonyl (C=O) groups excluding carboxylic acids is 1. The third-order valence-corrected chi connectivity index (χ3v) is 4.17. The molecule has 0 aromatic rings. The van der Waals surface area contributed by atoms with Crippen LogP contribution in [0.5, 0.6) is 0 Å². The fourth-order valence-electron chi connectivity index (χ4n) is 3.05. The van der Waals surface area contributed by atoms with E-state index in [4.69, 9.17) is 4.74 Å². The summed E-state index contributed by atoms with van der Waals surface area (Å²) in [6.45, 7) is 2.37. The molecule has 1 heterocycles. The highest BCUT2D eigenvalue weighted by Gasteiger charge is 2.17. The van der Waals surface area contributed by atoms with E-state index in [0.717, 1.165) is 13.0 Å². The molecular formula is C15H28N2O2. The lowest BCUT2D eigenvalue weighted by molar-refractivity contribution is -0.121. The van der Waals surface area contributed by atoms with Crippen LogP contribution in [0.15, 0.2) is 0 Å². The molecule has 0 spiro atoms. The Balaban J connectivity index is 1.49. The molecule has 4 heteroatoms. The van der Waals surface area contributed by atoms with E-state index in [1.54, 1.807) is 0 Å². The molecule has 19 heavy (non-hydrogen) atoms. The molecule has 2 aliphatic rings. The van der Waals surface area contributed by atoms with Crippen molar-refractivity contribution in [2.45, 2.75) is 69.9 Å². The van der Waals surface area contributed by atoms with Crippen molar-refractivity contribution in [3.63, 3.8) is 0 Å². The fraction of sp³-hybridized carbons (Fsp3) is 0.933. The summed E-state index contributed by atoms with van der Waals surface area (Å²) in [4.78, 5) is 11.7. The maximum absolute atomic E-state index is 11.7. The van der Waals surface area contributed by atoms with Crippen molar-refractivity contribution >= 4 is 5.91 Å². The molecule has 2 fully saturated rings. The van der Waals surface area contributed by atoms with Crippen molar-refractivity contribution in [1.29, 1.82) is 0 Å². The fourth-order valence-corrected chi connectivity index (χ4v) is 3.05. The Hall–Kier alpha value is -0.610. The lowest BCUT2D eigenvalue weighted by Crippen LogP contribution is -2.34. The smallest absolute Gasteiger partial charge is 0.221 e. The van der Waals surface area contributed by atoms with Crippen LogP contribution in [0.4, 0.5) is 0 Å². The van der Waals surface area contributed by atoms with Gasteiger partial charge in [0.2, 0.25) is 5.91 Å². The van der Waals surface area contributed by atoms with Crippen molar-refractivity contribution in [1.82, 2.24) is 10.6 Å². The number of amides is 1. The van der Waals surface area contributed by atoms with E-state index in [-0.39, 0.29) is 5.91 Å². The summed E-state index contributed by atoms with van der Waals surface area (Å²) in [5, 5.41) is 6.31. The summed E-state index contributed by atoms with van der Waals surface area (Å²) in [6, 6.07) is 0.391. The number of carbonyl (C=O) groups is 1. The van der Waals surface area contributed by atoms with Gasteiger partial charge in [-0.2, -0.15) is 0 Å². The first-order chi connectivity index (χ1) is 9.34. The normalized spacial score (nSPS) is 25.2. The second-order valence-corrected chi connectivity index (χ2v) is 5.83. The largest absolute Gasteiger partial charge is 0.376 e. The van der Waals surface area contributed by atoms with E-state index in [2.05, 4.69) is 10.6 Å². The molecule has 0 aromatic heterocycles. The Labute approximate surface area is 116 Å². The molecule has 1 saturated carbocycles. The molecule has 1 amide bonds. The molecular weight excluding hydrogens is 240 g/mol. The molecule has 1 atom stereocenters. The monoisotopic (exact) mass is 268 g/mol. The summed E-state index contributed by atoms with van der Waals surface area (Å²) in [5.74, 6) is 0.156. The van der Waals surface area contributed by atoms with E-state index in [1.165, 1.54) is 44.9 Å². The summed E-state index contributed by atoms with van der Waals surface area (Å²) < 4.78 is 5.85. The topological polar surface area (TPSA) is 50.4 Å². The molecule has 0 radical (unpaired) electrons. The molecule has 0 aromatic carbocycles.